The minimum Gasteiger partial charge on any atom is -0.343 e. The first-order chi connectivity index (χ1) is 15.0. The number of carbonyl (C=O) groups is 1. The summed E-state index contributed by atoms with van der Waals surface area (Å²) in [5.41, 5.74) is 2.71. The molecule has 1 atom stereocenters. The van der Waals surface area contributed by atoms with Crippen LogP contribution in [-0.2, 0) is 17.8 Å². The zero-order chi connectivity index (χ0) is 22.1. The quantitative estimate of drug-likeness (QED) is 0.452. The van der Waals surface area contributed by atoms with E-state index in [1.165, 1.54) is 43.2 Å². The molecule has 2 heterocycles. The summed E-state index contributed by atoms with van der Waals surface area (Å²) in [5, 5.41) is 4.40. The Balaban J connectivity index is 1.56. The zero-order valence-corrected chi connectivity index (χ0v) is 19.7. The molecule has 5 heteroatoms. The number of aromatic nitrogens is 3. The molecule has 1 saturated heterocycles. The molecule has 1 aromatic carbocycles. The van der Waals surface area contributed by atoms with Gasteiger partial charge < -0.3 is 4.90 Å². The van der Waals surface area contributed by atoms with Crippen LogP contribution in [0.1, 0.15) is 76.3 Å². The Morgan fingerprint density at radius 2 is 1.87 bits per heavy atom. The first-order valence-corrected chi connectivity index (χ1v) is 12.2. The molecule has 0 bridgehead atoms. The van der Waals surface area contributed by atoms with E-state index in [1.807, 2.05) is 11.0 Å². The van der Waals surface area contributed by atoms with E-state index >= 15 is 0 Å². The Labute approximate surface area is 188 Å². The van der Waals surface area contributed by atoms with Crippen LogP contribution >= 0.6 is 0 Å². The number of aryl methyl sites for hydroxylation is 2. The number of rotatable bonds is 11. The number of carbonyl (C=O) groups excluding carboxylic acids is 1. The third-order valence-corrected chi connectivity index (χ3v) is 7.34. The van der Waals surface area contributed by atoms with Gasteiger partial charge in [-0.05, 0) is 43.1 Å². The molecular weight excluding hydrogens is 384 g/mol. The van der Waals surface area contributed by atoms with Crippen LogP contribution in [0.5, 0.6) is 0 Å². The van der Waals surface area contributed by atoms with Gasteiger partial charge in [0.2, 0.25) is 5.91 Å². The minimum absolute atomic E-state index is 0.202. The predicted octanol–water partition coefficient (Wildman–Crippen LogP) is 5.43. The molecule has 0 spiro atoms. The SMILES string of the molecule is CCCCCCC(C)C1(Cn2cncn2)CCN(C(=O)CCc2ccc(C)cc2)CC1. The summed E-state index contributed by atoms with van der Waals surface area (Å²) in [4.78, 5) is 19.1. The maximum absolute atomic E-state index is 12.9. The molecule has 1 fully saturated rings. The lowest BCUT2D eigenvalue weighted by molar-refractivity contribution is -0.134. The van der Waals surface area contributed by atoms with Gasteiger partial charge in [-0.3, -0.25) is 9.48 Å². The number of nitrogens with zero attached hydrogens (tertiary/aromatic N) is 4. The van der Waals surface area contributed by atoms with Crippen molar-refractivity contribution >= 4 is 5.91 Å². The summed E-state index contributed by atoms with van der Waals surface area (Å²) < 4.78 is 2.00. The third kappa shape index (κ3) is 6.65. The molecule has 3 rings (SSSR count). The van der Waals surface area contributed by atoms with Crippen LogP contribution < -0.4 is 0 Å². The van der Waals surface area contributed by atoms with Gasteiger partial charge in [-0.1, -0.05) is 75.8 Å². The fourth-order valence-corrected chi connectivity index (χ4v) is 4.99. The zero-order valence-electron chi connectivity index (χ0n) is 19.7. The van der Waals surface area contributed by atoms with Gasteiger partial charge in [0.1, 0.15) is 12.7 Å². The fourth-order valence-electron chi connectivity index (χ4n) is 4.99. The van der Waals surface area contributed by atoms with Gasteiger partial charge in [-0.25, -0.2) is 4.98 Å². The van der Waals surface area contributed by atoms with Crippen molar-refractivity contribution in [3.8, 4) is 0 Å². The number of amides is 1. The summed E-state index contributed by atoms with van der Waals surface area (Å²) >= 11 is 0. The van der Waals surface area contributed by atoms with Gasteiger partial charge in [-0.2, -0.15) is 5.10 Å². The first-order valence-electron chi connectivity index (χ1n) is 12.2. The van der Waals surface area contributed by atoms with E-state index in [1.54, 1.807) is 6.33 Å². The van der Waals surface area contributed by atoms with Crippen molar-refractivity contribution < 1.29 is 4.79 Å². The highest BCUT2D eigenvalue weighted by atomic mass is 16.2. The van der Waals surface area contributed by atoms with Crippen LogP contribution in [0.4, 0.5) is 0 Å². The molecule has 0 radical (unpaired) electrons. The Kier molecular flexibility index (Phi) is 8.68. The molecule has 5 nitrogen and oxygen atoms in total. The van der Waals surface area contributed by atoms with Gasteiger partial charge in [0.25, 0.3) is 0 Å². The van der Waals surface area contributed by atoms with Crippen LogP contribution in [0.3, 0.4) is 0 Å². The number of piperidine rings is 1. The number of unbranched alkanes of at least 4 members (excludes halogenated alkanes) is 3. The second-order valence-electron chi connectivity index (χ2n) is 9.57. The van der Waals surface area contributed by atoms with Gasteiger partial charge in [0, 0.05) is 26.1 Å². The number of benzene rings is 1. The molecule has 1 aliphatic rings. The molecule has 0 aliphatic carbocycles. The van der Waals surface area contributed by atoms with E-state index in [4.69, 9.17) is 0 Å². The van der Waals surface area contributed by atoms with Gasteiger partial charge >= 0.3 is 0 Å². The Bertz CT molecular complexity index is 776. The minimum atomic E-state index is 0.202. The average molecular weight is 425 g/mol. The lowest BCUT2D eigenvalue weighted by atomic mass is 9.67. The number of hydrogen-bond acceptors (Lipinski definition) is 3. The molecule has 31 heavy (non-hydrogen) atoms. The van der Waals surface area contributed by atoms with Crippen LogP contribution in [0.2, 0.25) is 0 Å². The van der Waals surface area contributed by atoms with Crippen LogP contribution in [0.15, 0.2) is 36.9 Å². The van der Waals surface area contributed by atoms with Crippen molar-refractivity contribution in [1.82, 2.24) is 19.7 Å². The van der Waals surface area contributed by atoms with Crippen molar-refractivity contribution in [3.05, 3.63) is 48.0 Å². The van der Waals surface area contributed by atoms with Crippen molar-refractivity contribution in [2.75, 3.05) is 13.1 Å². The van der Waals surface area contributed by atoms with Gasteiger partial charge in [0.15, 0.2) is 0 Å². The average Bonchev–Trinajstić information content (AvgIpc) is 3.29. The summed E-state index contributed by atoms with van der Waals surface area (Å²) in [6, 6.07) is 8.53. The molecule has 0 saturated carbocycles. The van der Waals surface area contributed by atoms with Crippen LogP contribution in [0, 0.1) is 18.3 Å². The molecular formula is C26H40N4O. The first kappa shape index (κ1) is 23.5. The molecule has 1 aromatic heterocycles. The summed E-state index contributed by atoms with van der Waals surface area (Å²) in [6.45, 7) is 9.41. The smallest absolute Gasteiger partial charge is 0.222 e. The van der Waals surface area contributed by atoms with Crippen LogP contribution in [-0.4, -0.2) is 38.7 Å². The van der Waals surface area contributed by atoms with Crippen molar-refractivity contribution in [2.24, 2.45) is 11.3 Å². The summed E-state index contributed by atoms with van der Waals surface area (Å²) in [7, 11) is 0. The van der Waals surface area contributed by atoms with E-state index in [-0.39, 0.29) is 5.41 Å². The molecule has 1 amide bonds. The van der Waals surface area contributed by atoms with Crippen molar-refractivity contribution in [1.29, 1.82) is 0 Å². The van der Waals surface area contributed by atoms with E-state index in [9.17, 15) is 4.79 Å². The Morgan fingerprint density at radius 1 is 1.13 bits per heavy atom. The van der Waals surface area contributed by atoms with Gasteiger partial charge in [0.05, 0.1) is 0 Å². The monoisotopic (exact) mass is 424 g/mol. The molecule has 170 valence electrons. The van der Waals surface area contributed by atoms with Gasteiger partial charge in [-0.15, -0.1) is 0 Å². The standard InChI is InChI=1S/C26H40N4O/c1-4-5-6-7-8-23(3)26(19-30-21-27-20-28-30)15-17-29(18-16-26)25(31)14-13-24-11-9-22(2)10-12-24/h9-12,20-21,23H,4-8,13-19H2,1-3H3. The van der Waals surface area contributed by atoms with E-state index in [0.29, 0.717) is 18.2 Å². The number of hydrogen-bond donors (Lipinski definition) is 0. The highest BCUT2D eigenvalue weighted by molar-refractivity contribution is 5.76. The summed E-state index contributed by atoms with van der Waals surface area (Å²) in [5.74, 6) is 0.920. The lowest BCUT2D eigenvalue weighted by Gasteiger charge is -2.46. The lowest BCUT2D eigenvalue weighted by Crippen LogP contribution is -2.47. The second kappa shape index (κ2) is 11.4. The normalized spacial score (nSPS) is 16.9. The predicted molar refractivity (Wildman–Crippen MR) is 126 cm³/mol. The molecule has 2 aromatic rings. The maximum Gasteiger partial charge on any atom is 0.222 e. The topological polar surface area (TPSA) is 51.0 Å². The Morgan fingerprint density at radius 3 is 2.52 bits per heavy atom. The molecule has 1 aliphatic heterocycles. The van der Waals surface area contributed by atoms with Crippen LogP contribution in [0.25, 0.3) is 0 Å². The molecule has 0 N–H and O–H groups in total. The highest BCUT2D eigenvalue weighted by Gasteiger charge is 2.40. The highest BCUT2D eigenvalue weighted by Crippen LogP contribution is 2.43. The number of likely N-dealkylation sites (tertiary alicyclic amines) is 1. The van der Waals surface area contributed by atoms with Crippen molar-refractivity contribution in [2.45, 2.75) is 85.1 Å². The van der Waals surface area contributed by atoms with E-state index in [2.05, 4.69) is 60.0 Å². The largest absolute Gasteiger partial charge is 0.343 e. The second-order valence-corrected chi connectivity index (χ2v) is 9.57. The fraction of sp³-hybridized carbons (Fsp3) is 0.654. The van der Waals surface area contributed by atoms with E-state index < -0.39 is 0 Å². The third-order valence-electron chi connectivity index (χ3n) is 7.34. The Hall–Kier alpha value is -2.17. The summed E-state index contributed by atoms with van der Waals surface area (Å²) in [6.07, 6.45) is 13.5. The molecule has 1 unspecified atom stereocenters. The maximum atomic E-state index is 12.9. The van der Waals surface area contributed by atoms with E-state index in [0.717, 1.165) is 38.9 Å². The van der Waals surface area contributed by atoms with Crippen molar-refractivity contribution in [3.63, 3.8) is 0 Å².